The van der Waals surface area contributed by atoms with Crippen molar-refractivity contribution in [2.45, 2.75) is 65.3 Å². The van der Waals surface area contributed by atoms with E-state index in [9.17, 15) is 19.5 Å². The largest absolute Gasteiger partial charge is 0.507 e. The van der Waals surface area contributed by atoms with Crippen LogP contribution < -0.4 is 9.64 Å². The molecule has 0 saturated carbocycles. The van der Waals surface area contributed by atoms with Gasteiger partial charge in [0.1, 0.15) is 11.5 Å². The lowest BCUT2D eigenvalue weighted by Gasteiger charge is -2.27. The molecule has 1 aliphatic rings. The SMILES string of the molecule is CCOc1ccc(/C(O)=C2/C(=O)C(=O)N(c3cccc(C(=O)OC)c3)C2c2ccc(C(C)(C)C)cc2)cc1C(C)(C)C. The van der Waals surface area contributed by atoms with Crippen LogP contribution in [0.5, 0.6) is 5.75 Å². The monoisotopic (exact) mass is 569 g/mol. The molecule has 1 aliphatic heterocycles. The number of hydrogen-bond acceptors (Lipinski definition) is 6. The topological polar surface area (TPSA) is 93.1 Å². The van der Waals surface area contributed by atoms with Gasteiger partial charge >= 0.3 is 5.97 Å². The summed E-state index contributed by atoms with van der Waals surface area (Å²) < 4.78 is 10.7. The number of carbonyl (C=O) groups excluding carboxylic acids is 3. The highest BCUT2D eigenvalue weighted by molar-refractivity contribution is 6.51. The van der Waals surface area contributed by atoms with Crippen LogP contribution in [0.1, 0.15) is 87.1 Å². The van der Waals surface area contributed by atoms with Gasteiger partial charge in [-0.25, -0.2) is 4.79 Å². The second-order valence-electron chi connectivity index (χ2n) is 12.5. The predicted octanol–water partition coefficient (Wildman–Crippen LogP) is 7.09. The van der Waals surface area contributed by atoms with Crippen molar-refractivity contribution in [3.05, 3.63) is 100 Å². The van der Waals surface area contributed by atoms with Gasteiger partial charge in [0.05, 0.1) is 30.9 Å². The van der Waals surface area contributed by atoms with Crippen molar-refractivity contribution in [2.24, 2.45) is 0 Å². The van der Waals surface area contributed by atoms with E-state index in [4.69, 9.17) is 9.47 Å². The third-order valence-corrected chi connectivity index (χ3v) is 7.44. The average Bonchev–Trinajstić information content (AvgIpc) is 3.21. The molecule has 1 saturated heterocycles. The maximum Gasteiger partial charge on any atom is 0.337 e. The molecule has 0 aromatic heterocycles. The molecule has 7 heteroatoms. The van der Waals surface area contributed by atoms with E-state index in [0.29, 0.717) is 29.2 Å². The maximum absolute atomic E-state index is 13.7. The van der Waals surface area contributed by atoms with Crippen LogP contribution in [0.25, 0.3) is 5.76 Å². The zero-order valence-corrected chi connectivity index (χ0v) is 25.6. The van der Waals surface area contributed by atoms with E-state index in [1.54, 1.807) is 30.3 Å². The number of aliphatic hydroxyl groups excluding tert-OH is 1. The van der Waals surface area contributed by atoms with Crippen molar-refractivity contribution < 1.29 is 29.0 Å². The number of carbonyl (C=O) groups is 3. The molecule has 1 heterocycles. The van der Waals surface area contributed by atoms with Crippen LogP contribution in [0.15, 0.2) is 72.3 Å². The van der Waals surface area contributed by atoms with Gasteiger partial charge < -0.3 is 14.6 Å². The summed E-state index contributed by atoms with van der Waals surface area (Å²) in [6.07, 6.45) is 0. The van der Waals surface area contributed by atoms with E-state index < -0.39 is 23.7 Å². The van der Waals surface area contributed by atoms with Crippen LogP contribution in [0.4, 0.5) is 5.69 Å². The first-order valence-electron chi connectivity index (χ1n) is 14.1. The van der Waals surface area contributed by atoms with Crippen molar-refractivity contribution in [3.8, 4) is 5.75 Å². The number of rotatable bonds is 6. The summed E-state index contributed by atoms with van der Waals surface area (Å²) in [6, 6.07) is 18.4. The van der Waals surface area contributed by atoms with Crippen molar-refractivity contribution in [3.63, 3.8) is 0 Å². The minimum absolute atomic E-state index is 0.0315. The molecule has 7 nitrogen and oxygen atoms in total. The molecule has 4 rings (SSSR count). The molecule has 0 spiro atoms. The van der Waals surface area contributed by atoms with Gasteiger partial charge in [-0.3, -0.25) is 14.5 Å². The van der Waals surface area contributed by atoms with Gasteiger partial charge in [-0.05, 0) is 65.3 Å². The zero-order valence-electron chi connectivity index (χ0n) is 25.6. The Balaban J connectivity index is 1.96. The number of nitrogens with zero attached hydrogens (tertiary/aromatic N) is 1. The Kier molecular flexibility index (Phi) is 8.35. The molecular weight excluding hydrogens is 530 g/mol. The fraction of sp³-hybridized carbons (Fsp3) is 0.343. The van der Waals surface area contributed by atoms with E-state index in [2.05, 4.69) is 20.8 Å². The second kappa shape index (κ2) is 11.5. The molecule has 1 unspecified atom stereocenters. The Labute approximate surface area is 247 Å². The molecule has 0 bridgehead atoms. The highest BCUT2D eigenvalue weighted by atomic mass is 16.5. The number of ether oxygens (including phenoxy) is 2. The van der Waals surface area contributed by atoms with Crippen LogP contribution in [-0.2, 0) is 25.2 Å². The normalized spacial score (nSPS) is 17.0. The van der Waals surface area contributed by atoms with Gasteiger partial charge in [0.25, 0.3) is 11.7 Å². The standard InChI is InChI=1S/C35H39NO6/c1-9-42-27-18-15-22(20-26(27)35(5,6)7)30(37)28-29(21-13-16-24(17-14-21)34(2,3)4)36(32(39)31(28)38)25-12-10-11-23(19-25)33(40)41-8/h10-20,29,37H,9H2,1-8H3/b30-28-. The fourth-order valence-corrected chi connectivity index (χ4v) is 5.18. The average molecular weight is 570 g/mol. The van der Waals surface area contributed by atoms with Crippen LogP contribution in [0, 0.1) is 0 Å². The third kappa shape index (κ3) is 5.82. The summed E-state index contributed by atoms with van der Waals surface area (Å²) in [4.78, 5) is 41.0. The molecule has 3 aromatic rings. The minimum atomic E-state index is -0.934. The summed E-state index contributed by atoms with van der Waals surface area (Å²) in [5, 5.41) is 11.7. The van der Waals surface area contributed by atoms with Gasteiger partial charge in [0.2, 0.25) is 0 Å². The van der Waals surface area contributed by atoms with E-state index in [1.807, 2.05) is 58.0 Å². The molecule has 1 N–H and O–H groups in total. The molecule has 0 radical (unpaired) electrons. The Hall–Kier alpha value is -4.39. The lowest BCUT2D eigenvalue weighted by atomic mass is 9.84. The number of Topliss-reactive ketones (excluding diaryl/α,β-unsaturated/α-hetero) is 1. The molecule has 42 heavy (non-hydrogen) atoms. The number of esters is 1. The van der Waals surface area contributed by atoms with Gasteiger partial charge in [0, 0.05) is 16.8 Å². The number of ketones is 1. The summed E-state index contributed by atoms with van der Waals surface area (Å²) in [5.41, 5.74) is 3.11. The van der Waals surface area contributed by atoms with Crippen LogP contribution >= 0.6 is 0 Å². The van der Waals surface area contributed by atoms with E-state index >= 15 is 0 Å². The van der Waals surface area contributed by atoms with E-state index in [-0.39, 0.29) is 27.7 Å². The zero-order chi connectivity index (χ0) is 31.0. The van der Waals surface area contributed by atoms with Crippen molar-refractivity contribution >= 4 is 29.1 Å². The highest BCUT2D eigenvalue weighted by Gasteiger charge is 2.47. The molecular formula is C35H39NO6. The maximum atomic E-state index is 13.7. The van der Waals surface area contributed by atoms with Gasteiger partial charge in [-0.2, -0.15) is 0 Å². The van der Waals surface area contributed by atoms with E-state index in [1.165, 1.54) is 18.1 Å². The Morgan fingerprint density at radius 1 is 0.881 bits per heavy atom. The number of aliphatic hydroxyl groups is 1. The minimum Gasteiger partial charge on any atom is -0.507 e. The van der Waals surface area contributed by atoms with Gasteiger partial charge in [-0.1, -0.05) is 71.9 Å². The first-order chi connectivity index (χ1) is 19.7. The van der Waals surface area contributed by atoms with Crippen molar-refractivity contribution in [2.75, 3.05) is 18.6 Å². The van der Waals surface area contributed by atoms with Gasteiger partial charge in [0.15, 0.2) is 0 Å². The summed E-state index contributed by atoms with van der Waals surface area (Å²) in [7, 11) is 1.28. The lowest BCUT2D eigenvalue weighted by Crippen LogP contribution is -2.29. The van der Waals surface area contributed by atoms with E-state index in [0.717, 1.165) is 11.1 Å². The Morgan fingerprint density at radius 2 is 1.55 bits per heavy atom. The van der Waals surface area contributed by atoms with Crippen molar-refractivity contribution in [1.82, 2.24) is 0 Å². The summed E-state index contributed by atoms with van der Waals surface area (Å²) in [5.74, 6) is -1.77. The molecule has 1 atom stereocenters. The van der Waals surface area contributed by atoms with Crippen LogP contribution in [0.3, 0.4) is 0 Å². The number of amides is 1. The molecule has 1 fully saturated rings. The molecule has 0 aliphatic carbocycles. The fourth-order valence-electron chi connectivity index (χ4n) is 5.18. The molecule has 1 amide bonds. The first kappa shape index (κ1) is 30.6. The predicted molar refractivity (Wildman–Crippen MR) is 164 cm³/mol. The lowest BCUT2D eigenvalue weighted by molar-refractivity contribution is -0.132. The molecule has 220 valence electrons. The quantitative estimate of drug-likeness (QED) is 0.147. The van der Waals surface area contributed by atoms with Crippen LogP contribution in [-0.4, -0.2) is 36.5 Å². The smallest absolute Gasteiger partial charge is 0.337 e. The Morgan fingerprint density at radius 3 is 2.12 bits per heavy atom. The second-order valence-corrected chi connectivity index (χ2v) is 12.5. The number of hydrogen-bond donors (Lipinski definition) is 1. The third-order valence-electron chi connectivity index (χ3n) is 7.44. The molecule has 3 aromatic carbocycles. The number of methoxy groups -OCH3 is 1. The number of anilines is 1. The van der Waals surface area contributed by atoms with Crippen LogP contribution in [0.2, 0.25) is 0 Å². The highest BCUT2D eigenvalue weighted by Crippen LogP contribution is 2.44. The van der Waals surface area contributed by atoms with Gasteiger partial charge in [-0.15, -0.1) is 0 Å². The number of benzene rings is 3. The first-order valence-corrected chi connectivity index (χ1v) is 14.1. The summed E-state index contributed by atoms with van der Waals surface area (Å²) in [6.45, 7) is 14.8. The van der Waals surface area contributed by atoms with Crippen molar-refractivity contribution in [1.29, 1.82) is 0 Å². The summed E-state index contributed by atoms with van der Waals surface area (Å²) >= 11 is 0. The Bertz CT molecular complexity index is 1550.